The summed E-state index contributed by atoms with van der Waals surface area (Å²) >= 11 is 0. The molecule has 1 heterocycles. The van der Waals surface area contributed by atoms with Crippen LogP contribution in [0.1, 0.15) is 27.3 Å². The van der Waals surface area contributed by atoms with Gasteiger partial charge in [-0.2, -0.15) is 5.10 Å². The van der Waals surface area contributed by atoms with E-state index in [1.165, 1.54) is 12.1 Å². The Morgan fingerprint density at radius 2 is 1.75 bits per heavy atom. The molecule has 0 radical (unpaired) electrons. The summed E-state index contributed by atoms with van der Waals surface area (Å²) in [7, 11) is 0. The molecule has 0 spiro atoms. The molecule has 0 unspecified atom stereocenters. The topological polar surface area (TPSA) is 46.9 Å². The van der Waals surface area contributed by atoms with Crippen LogP contribution in [0, 0.1) is 26.6 Å². The van der Waals surface area contributed by atoms with Crippen LogP contribution in [0.2, 0.25) is 0 Å². The van der Waals surface area contributed by atoms with Crippen molar-refractivity contribution in [2.45, 2.75) is 20.8 Å². The van der Waals surface area contributed by atoms with Crippen molar-refractivity contribution in [2.75, 3.05) is 5.32 Å². The molecule has 122 valence electrons. The molecule has 5 heteroatoms. The summed E-state index contributed by atoms with van der Waals surface area (Å²) in [5.74, 6) is -0.552. The zero-order chi connectivity index (χ0) is 17.3. The van der Waals surface area contributed by atoms with Gasteiger partial charge in [-0.15, -0.1) is 0 Å². The molecule has 0 bridgehead atoms. The molecule has 0 aliphatic heterocycles. The predicted octanol–water partition coefficient (Wildman–Crippen LogP) is 4.19. The highest BCUT2D eigenvalue weighted by Gasteiger charge is 2.09. The second kappa shape index (κ2) is 6.28. The second-order valence-electron chi connectivity index (χ2n) is 5.80. The van der Waals surface area contributed by atoms with Crippen molar-refractivity contribution in [3.05, 3.63) is 76.9 Å². The van der Waals surface area contributed by atoms with Gasteiger partial charge in [0, 0.05) is 16.9 Å². The first-order valence-corrected chi connectivity index (χ1v) is 7.65. The molecule has 1 amide bonds. The Labute approximate surface area is 139 Å². The molecular formula is C19H18FN3O. The third kappa shape index (κ3) is 3.20. The number of aromatic nitrogens is 2. The Kier molecular flexibility index (Phi) is 4.16. The van der Waals surface area contributed by atoms with E-state index < -0.39 is 0 Å². The van der Waals surface area contributed by atoms with Gasteiger partial charge in [0.15, 0.2) is 0 Å². The average Bonchev–Trinajstić information content (AvgIpc) is 2.88. The largest absolute Gasteiger partial charge is 0.322 e. The monoisotopic (exact) mass is 323 g/mol. The number of hydrogen-bond donors (Lipinski definition) is 1. The van der Waals surface area contributed by atoms with Gasteiger partial charge in [-0.1, -0.05) is 0 Å². The van der Waals surface area contributed by atoms with E-state index >= 15 is 0 Å². The zero-order valence-corrected chi connectivity index (χ0v) is 13.8. The van der Waals surface area contributed by atoms with Gasteiger partial charge in [0.1, 0.15) is 5.82 Å². The van der Waals surface area contributed by atoms with E-state index in [0.717, 1.165) is 17.1 Å². The molecule has 24 heavy (non-hydrogen) atoms. The summed E-state index contributed by atoms with van der Waals surface area (Å²) in [6, 6.07) is 13.5. The molecule has 0 saturated carbocycles. The van der Waals surface area contributed by atoms with E-state index in [4.69, 9.17) is 0 Å². The number of nitrogens with one attached hydrogen (secondary N) is 1. The van der Waals surface area contributed by atoms with Crippen LogP contribution < -0.4 is 5.32 Å². The lowest BCUT2D eigenvalue weighted by atomic mass is 10.1. The molecule has 2 aromatic carbocycles. The third-order valence-corrected chi connectivity index (χ3v) is 3.82. The molecule has 3 aromatic rings. The van der Waals surface area contributed by atoms with E-state index in [-0.39, 0.29) is 11.7 Å². The highest BCUT2D eigenvalue weighted by atomic mass is 19.1. The quantitative estimate of drug-likeness (QED) is 0.785. The first-order chi connectivity index (χ1) is 11.4. The molecule has 0 aliphatic rings. The van der Waals surface area contributed by atoms with Crippen LogP contribution in [0.25, 0.3) is 5.69 Å². The van der Waals surface area contributed by atoms with Crippen molar-refractivity contribution in [1.82, 2.24) is 9.78 Å². The van der Waals surface area contributed by atoms with Gasteiger partial charge in [0.25, 0.3) is 5.91 Å². The molecular weight excluding hydrogens is 305 g/mol. The SMILES string of the molecule is Cc1cc(C)n(-c2ccc(C(=O)Nc3ccc(F)cc3C)cc2)n1. The molecule has 1 N–H and O–H groups in total. The highest BCUT2D eigenvalue weighted by molar-refractivity contribution is 6.04. The van der Waals surface area contributed by atoms with Gasteiger partial charge >= 0.3 is 0 Å². The number of halogens is 1. The first-order valence-electron chi connectivity index (χ1n) is 7.65. The Hall–Kier alpha value is -2.95. The standard InChI is InChI=1S/C19H18FN3O/c1-12-10-16(20)6-9-18(12)21-19(24)15-4-7-17(8-5-15)23-14(3)11-13(2)22-23/h4-11H,1-3H3,(H,21,24). The zero-order valence-electron chi connectivity index (χ0n) is 13.8. The van der Waals surface area contributed by atoms with E-state index in [9.17, 15) is 9.18 Å². The van der Waals surface area contributed by atoms with Crippen molar-refractivity contribution in [3.63, 3.8) is 0 Å². The van der Waals surface area contributed by atoms with Crippen LogP contribution >= 0.6 is 0 Å². The fourth-order valence-electron chi connectivity index (χ4n) is 2.61. The molecule has 1 aromatic heterocycles. The average molecular weight is 323 g/mol. The summed E-state index contributed by atoms with van der Waals surface area (Å²) in [6.45, 7) is 5.68. The van der Waals surface area contributed by atoms with E-state index in [2.05, 4.69) is 10.4 Å². The van der Waals surface area contributed by atoms with Crippen LogP contribution in [0.3, 0.4) is 0 Å². The molecule has 4 nitrogen and oxygen atoms in total. The molecule has 0 aliphatic carbocycles. The van der Waals surface area contributed by atoms with Crippen LogP contribution in [0.4, 0.5) is 10.1 Å². The predicted molar refractivity (Wildman–Crippen MR) is 92.1 cm³/mol. The number of carbonyl (C=O) groups excluding carboxylic acids is 1. The number of aryl methyl sites for hydroxylation is 3. The van der Waals surface area contributed by atoms with Crippen molar-refractivity contribution < 1.29 is 9.18 Å². The first kappa shape index (κ1) is 15.9. The number of benzene rings is 2. The molecule has 0 saturated heterocycles. The Bertz CT molecular complexity index is 897. The van der Waals surface area contributed by atoms with Crippen LogP contribution in [0.5, 0.6) is 0 Å². The smallest absolute Gasteiger partial charge is 0.255 e. The number of hydrogen-bond acceptors (Lipinski definition) is 2. The number of rotatable bonds is 3. The Morgan fingerprint density at radius 1 is 1.04 bits per heavy atom. The molecule has 0 atom stereocenters. The number of amides is 1. The second-order valence-corrected chi connectivity index (χ2v) is 5.80. The van der Waals surface area contributed by atoms with Crippen molar-refractivity contribution >= 4 is 11.6 Å². The van der Waals surface area contributed by atoms with Gasteiger partial charge in [-0.25, -0.2) is 9.07 Å². The van der Waals surface area contributed by atoms with Gasteiger partial charge in [0.2, 0.25) is 0 Å². The van der Waals surface area contributed by atoms with Crippen LogP contribution in [-0.2, 0) is 0 Å². The summed E-state index contributed by atoms with van der Waals surface area (Å²) in [5.41, 5.74) is 4.69. The third-order valence-electron chi connectivity index (χ3n) is 3.82. The normalized spacial score (nSPS) is 10.7. The fraction of sp³-hybridized carbons (Fsp3) is 0.158. The van der Waals surface area contributed by atoms with Gasteiger partial charge in [-0.05, 0) is 74.9 Å². The van der Waals surface area contributed by atoms with Crippen LogP contribution in [0.15, 0.2) is 48.5 Å². The summed E-state index contributed by atoms with van der Waals surface area (Å²) in [6.07, 6.45) is 0. The van der Waals surface area contributed by atoms with Gasteiger partial charge in [0.05, 0.1) is 11.4 Å². The van der Waals surface area contributed by atoms with Gasteiger partial charge < -0.3 is 5.32 Å². The Morgan fingerprint density at radius 3 is 2.33 bits per heavy atom. The minimum absolute atomic E-state index is 0.232. The lowest BCUT2D eigenvalue weighted by Gasteiger charge is -2.09. The lowest BCUT2D eigenvalue weighted by Crippen LogP contribution is -2.13. The highest BCUT2D eigenvalue weighted by Crippen LogP contribution is 2.18. The van der Waals surface area contributed by atoms with Crippen LogP contribution in [-0.4, -0.2) is 15.7 Å². The maximum atomic E-state index is 13.1. The van der Waals surface area contributed by atoms with Crippen molar-refractivity contribution in [1.29, 1.82) is 0 Å². The number of nitrogens with zero attached hydrogens (tertiary/aromatic N) is 2. The van der Waals surface area contributed by atoms with Crippen molar-refractivity contribution in [2.24, 2.45) is 0 Å². The summed E-state index contributed by atoms with van der Waals surface area (Å²) in [4.78, 5) is 12.3. The summed E-state index contributed by atoms with van der Waals surface area (Å²) in [5, 5.41) is 7.22. The number of anilines is 1. The molecule has 3 rings (SSSR count). The molecule has 0 fully saturated rings. The lowest BCUT2D eigenvalue weighted by molar-refractivity contribution is 0.102. The number of carbonyl (C=O) groups is 1. The Balaban J connectivity index is 1.80. The maximum Gasteiger partial charge on any atom is 0.255 e. The fourth-order valence-corrected chi connectivity index (χ4v) is 2.61. The minimum atomic E-state index is -0.320. The maximum absolute atomic E-state index is 13.1. The van der Waals surface area contributed by atoms with E-state index in [0.29, 0.717) is 16.8 Å². The summed E-state index contributed by atoms with van der Waals surface area (Å²) < 4.78 is 15.0. The van der Waals surface area contributed by atoms with Crippen molar-refractivity contribution in [3.8, 4) is 5.69 Å². The van der Waals surface area contributed by atoms with E-state index in [1.807, 2.05) is 36.7 Å². The minimum Gasteiger partial charge on any atom is -0.322 e. The van der Waals surface area contributed by atoms with Gasteiger partial charge in [-0.3, -0.25) is 4.79 Å². The van der Waals surface area contributed by atoms with E-state index in [1.54, 1.807) is 25.1 Å².